The number of nitro benzene ring substituents is 1. The molecule has 29 heavy (non-hydrogen) atoms. The summed E-state index contributed by atoms with van der Waals surface area (Å²) in [6.45, 7) is 1.59. The zero-order chi connectivity index (χ0) is 21.4. The number of likely N-dealkylation sites (N-methyl/N-ethyl adjacent to an activating group) is 1. The van der Waals surface area contributed by atoms with E-state index in [1.54, 1.807) is 4.90 Å². The van der Waals surface area contributed by atoms with Gasteiger partial charge in [0.25, 0.3) is 17.5 Å². The fourth-order valence-corrected chi connectivity index (χ4v) is 3.54. The zero-order valence-electron chi connectivity index (χ0n) is 16.2. The van der Waals surface area contributed by atoms with Gasteiger partial charge in [0.15, 0.2) is 6.61 Å². The highest BCUT2D eigenvalue weighted by Gasteiger charge is 2.25. The van der Waals surface area contributed by atoms with Gasteiger partial charge in [0.05, 0.1) is 4.92 Å². The molecule has 0 unspecified atom stereocenters. The van der Waals surface area contributed by atoms with Crippen molar-refractivity contribution in [1.29, 1.82) is 0 Å². The molecule has 0 saturated heterocycles. The molecule has 1 saturated carbocycles. The summed E-state index contributed by atoms with van der Waals surface area (Å²) in [7, 11) is 0. The van der Waals surface area contributed by atoms with Crippen molar-refractivity contribution in [2.75, 3.05) is 19.7 Å². The molecule has 1 fully saturated rings. The fraction of sp³-hybridized carbons (Fsp3) is 0.526. The number of esters is 1. The van der Waals surface area contributed by atoms with Crippen LogP contribution in [0, 0.1) is 10.1 Å². The molecule has 0 aliphatic heterocycles. The Morgan fingerprint density at radius 3 is 2.59 bits per heavy atom. The highest BCUT2D eigenvalue weighted by atomic mass is 35.5. The normalized spacial score (nSPS) is 14.1. The number of carbonyl (C=O) groups is 3. The SMILES string of the molecule is CCN(C(=O)COC(=O)CNC(=O)c1ccc(Cl)c([N+](=O)[O-])c1)C1CCCCC1. The van der Waals surface area contributed by atoms with Gasteiger partial charge >= 0.3 is 5.97 Å². The molecule has 0 aromatic heterocycles. The van der Waals surface area contributed by atoms with Crippen molar-refractivity contribution in [1.82, 2.24) is 10.2 Å². The van der Waals surface area contributed by atoms with Gasteiger partial charge < -0.3 is 15.0 Å². The number of nitro groups is 1. The highest BCUT2D eigenvalue weighted by molar-refractivity contribution is 6.32. The molecule has 1 aromatic rings. The van der Waals surface area contributed by atoms with Crippen LogP contribution in [0.4, 0.5) is 5.69 Å². The Labute approximate surface area is 173 Å². The van der Waals surface area contributed by atoms with Crippen molar-refractivity contribution >= 4 is 35.1 Å². The van der Waals surface area contributed by atoms with Crippen molar-refractivity contribution < 1.29 is 24.0 Å². The molecule has 1 aliphatic rings. The maximum atomic E-state index is 12.4. The van der Waals surface area contributed by atoms with Crippen LogP contribution in [0.15, 0.2) is 18.2 Å². The van der Waals surface area contributed by atoms with Gasteiger partial charge in [-0.1, -0.05) is 30.9 Å². The molecule has 0 atom stereocenters. The predicted octanol–water partition coefficient (Wildman–Crippen LogP) is 2.70. The lowest BCUT2D eigenvalue weighted by Crippen LogP contribution is -2.43. The summed E-state index contributed by atoms with van der Waals surface area (Å²) in [6.07, 6.45) is 5.26. The van der Waals surface area contributed by atoms with Gasteiger partial charge in [0.1, 0.15) is 11.6 Å². The highest BCUT2D eigenvalue weighted by Crippen LogP contribution is 2.25. The molecule has 0 spiro atoms. The first-order valence-corrected chi connectivity index (χ1v) is 9.88. The Balaban J connectivity index is 1.81. The molecule has 2 rings (SSSR count). The van der Waals surface area contributed by atoms with Gasteiger partial charge in [-0.3, -0.25) is 24.5 Å². The molecule has 1 N–H and O–H groups in total. The van der Waals surface area contributed by atoms with Crippen LogP contribution in [0.1, 0.15) is 49.4 Å². The third-order valence-corrected chi connectivity index (χ3v) is 5.15. The van der Waals surface area contributed by atoms with E-state index >= 15 is 0 Å². The van der Waals surface area contributed by atoms with Gasteiger partial charge in [0, 0.05) is 24.2 Å². The maximum absolute atomic E-state index is 12.4. The number of nitrogens with zero attached hydrogens (tertiary/aromatic N) is 2. The number of rotatable bonds is 8. The monoisotopic (exact) mass is 425 g/mol. The number of carbonyl (C=O) groups excluding carboxylic acids is 3. The Kier molecular flexibility index (Phi) is 8.38. The number of hydrogen-bond acceptors (Lipinski definition) is 6. The van der Waals surface area contributed by atoms with Crippen LogP contribution in [0.25, 0.3) is 0 Å². The second-order valence-corrected chi connectivity index (χ2v) is 7.15. The number of ether oxygens (including phenoxy) is 1. The van der Waals surface area contributed by atoms with E-state index in [1.165, 1.54) is 18.6 Å². The van der Waals surface area contributed by atoms with Crippen molar-refractivity contribution in [3.05, 3.63) is 38.9 Å². The van der Waals surface area contributed by atoms with E-state index in [0.29, 0.717) is 6.54 Å². The molecule has 0 heterocycles. The van der Waals surface area contributed by atoms with Gasteiger partial charge in [-0.2, -0.15) is 0 Å². The molecule has 1 aromatic carbocycles. The summed E-state index contributed by atoms with van der Waals surface area (Å²) >= 11 is 5.70. The Morgan fingerprint density at radius 2 is 1.97 bits per heavy atom. The van der Waals surface area contributed by atoms with E-state index in [2.05, 4.69) is 5.32 Å². The molecule has 9 nitrogen and oxygen atoms in total. The molecule has 1 aliphatic carbocycles. The van der Waals surface area contributed by atoms with Gasteiger partial charge in [-0.15, -0.1) is 0 Å². The molecular formula is C19H24ClN3O6. The van der Waals surface area contributed by atoms with E-state index in [4.69, 9.17) is 16.3 Å². The molecule has 10 heteroatoms. The molecular weight excluding hydrogens is 402 g/mol. The van der Waals surface area contributed by atoms with Crippen molar-refractivity contribution in [3.63, 3.8) is 0 Å². The molecule has 158 valence electrons. The van der Waals surface area contributed by atoms with Crippen LogP contribution in [-0.2, 0) is 14.3 Å². The Bertz CT molecular complexity index is 779. The largest absolute Gasteiger partial charge is 0.454 e. The summed E-state index contributed by atoms with van der Waals surface area (Å²) in [5.74, 6) is -1.72. The van der Waals surface area contributed by atoms with Crippen LogP contribution >= 0.6 is 11.6 Å². The van der Waals surface area contributed by atoms with Crippen LogP contribution in [0.5, 0.6) is 0 Å². The third-order valence-electron chi connectivity index (χ3n) is 4.83. The first-order chi connectivity index (χ1) is 13.8. The van der Waals surface area contributed by atoms with E-state index < -0.39 is 29.0 Å². The van der Waals surface area contributed by atoms with Crippen molar-refractivity contribution in [2.24, 2.45) is 0 Å². The molecule has 2 amide bonds. The standard InChI is InChI=1S/C19H24ClN3O6/c1-2-22(14-6-4-3-5-7-14)17(24)12-29-18(25)11-21-19(26)13-8-9-15(20)16(10-13)23(27)28/h8-10,14H,2-7,11-12H2,1H3,(H,21,26). The lowest BCUT2D eigenvalue weighted by Gasteiger charge is -2.33. The quantitative estimate of drug-likeness (QED) is 0.388. The Hall–Kier alpha value is -2.68. The van der Waals surface area contributed by atoms with E-state index in [-0.39, 0.29) is 29.1 Å². The second kappa shape index (κ2) is 10.8. The Morgan fingerprint density at radius 1 is 1.28 bits per heavy atom. The van der Waals surface area contributed by atoms with Crippen LogP contribution in [-0.4, -0.2) is 53.3 Å². The van der Waals surface area contributed by atoms with Crippen molar-refractivity contribution in [2.45, 2.75) is 45.1 Å². The smallest absolute Gasteiger partial charge is 0.325 e. The van der Waals surface area contributed by atoms with Gasteiger partial charge in [-0.25, -0.2) is 0 Å². The van der Waals surface area contributed by atoms with Crippen molar-refractivity contribution in [3.8, 4) is 0 Å². The minimum Gasteiger partial charge on any atom is -0.454 e. The summed E-state index contributed by atoms with van der Waals surface area (Å²) in [5.41, 5.74) is -0.422. The van der Waals surface area contributed by atoms with Gasteiger partial charge in [-0.05, 0) is 31.9 Å². The lowest BCUT2D eigenvalue weighted by atomic mass is 9.94. The fourth-order valence-electron chi connectivity index (χ4n) is 3.36. The first kappa shape index (κ1) is 22.6. The van der Waals surface area contributed by atoms with Crippen LogP contribution in [0.3, 0.4) is 0 Å². The summed E-state index contributed by atoms with van der Waals surface area (Å²) in [6, 6.07) is 3.75. The number of nitrogens with one attached hydrogen (secondary N) is 1. The van der Waals surface area contributed by atoms with E-state index in [0.717, 1.165) is 31.7 Å². The second-order valence-electron chi connectivity index (χ2n) is 6.74. The predicted molar refractivity (Wildman–Crippen MR) is 106 cm³/mol. The average Bonchev–Trinajstić information content (AvgIpc) is 2.72. The van der Waals surface area contributed by atoms with E-state index in [9.17, 15) is 24.5 Å². The number of amides is 2. The topological polar surface area (TPSA) is 119 Å². The molecule has 0 radical (unpaired) electrons. The van der Waals surface area contributed by atoms with Crippen LogP contribution < -0.4 is 5.32 Å². The first-order valence-electron chi connectivity index (χ1n) is 9.50. The maximum Gasteiger partial charge on any atom is 0.325 e. The minimum atomic E-state index is -0.769. The summed E-state index contributed by atoms with van der Waals surface area (Å²) < 4.78 is 4.97. The zero-order valence-corrected chi connectivity index (χ0v) is 16.9. The van der Waals surface area contributed by atoms with Crippen LogP contribution in [0.2, 0.25) is 5.02 Å². The number of halogens is 1. The molecule has 0 bridgehead atoms. The lowest BCUT2D eigenvalue weighted by molar-refractivity contribution is -0.384. The minimum absolute atomic E-state index is 0.0144. The summed E-state index contributed by atoms with van der Waals surface area (Å²) in [4.78, 5) is 48.2. The van der Waals surface area contributed by atoms with Gasteiger partial charge in [0.2, 0.25) is 0 Å². The number of hydrogen-bond donors (Lipinski definition) is 1. The third kappa shape index (κ3) is 6.42. The average molecular weight is 426 g/mol. The summed E-state index contributed by atoms with van der Waals surface area (Å²) in [5, 5.41) is 13.1. The number of benzene rings is 1. The van der Waals surface area contributed by atoms with E-state index in [1.807, 2.05) is 6.92 Å².